The number of rotatable bonds is 3. The molecule has 2 aromatic rings. The lowest BCUT2D eigenvalue weighted by Crippen LogP contribution is -2.34. The lowest BCUT2D eigenvalue weighted by Gasteiger charge is -2.14. The van der Waals surface area contributed by atoms with Gasteiger partial charge in [0.05, 0.1) is 16.3 Å². The van der Waals surface area contributed by atoms with Crippen LogP contribution in [0.5, 0.6) is 5.75 Å². The van der Waals surface area contributed by atoms with E-state index >= 15 is 0 Å². The monoisotopic (exact) mass is 358 g/mol. The van der Waals surface area contributed by atoms with Gasteiger partial charge >= 0.3 is 12.4 Å². The molecule has 0 aliphatic heterocycles. The van der Waals surface area contributed by atoms with Crippen LogP contribution in [-0.4, -0.2) is 18.3 Å². The molecule has 24 heavy (non-hydrogen) atoms. The largest absolute Gasteiger partial charge is 0.573 e. The molecular weight excluding hydrogens is 349 g/mol. The van der Waals surface area contributed by atoms with Crippen LogP contribution >= 0.6 is 11.6 Å². The number of carbonyl (C=O) groups excluding carboxylic acids is 2. The maximum atomic E-state index is 12.3. The summed E-state index contributed by atoms with van der Waals surface area (Å²) in [5.41, 5.74) is -0.201. The van der Waals surface area contributed by atoms with Gasteiger partial charge in [-0.1, -0.05) is 35.9 Å². The topological polar surface area (TPSA) is 67.4 Å². The zero-order valence-electron chi connectivity index (χ0n) is 11.9. The van der Waals surface area contributed by atoms with Crippen molar-refractivity contribution in [1.82, 2.24) is 5.32 Å². The van der Waals surface area contributed by atoms with E-state index in [-0.39, 0.29) is 16.3 Å². The average Bonchev–Trinajstić information content (AvgIpc) is 2.48. The quantitative estimate of drug-likeness (QED) is 0.864. The van der Waals surface area contributed by atoms with Crippen LogP contribution in [-0.2, 0) is 0 Å². The number of halogens is 4. The molecular formula is C15H10ClF3N2O3. The molecule has 0 atom stereocenters. The van der Waals surface area contributed by atoms with Crippen molar-refractivity contribution < 1.29 is 27.5 Å². The summed E-state index contributed by atoms with van der Waals surface area (Å²) in [5, 5.41) is 4.21. The summed E-state index contributed by atoms with van der Waals surface area (Å²) >= 11 is 5.82. The molecule has 0 saturated heterocycles. The predicted molar refractivity (Wildman–Crippen MR) is 81.1 cm³/mol. The number of anilines is 1. The SMILES string of the molecule is O=C(NC(=O)c1ccccc1Cl)Nc1ccccc1OC(F)(F)F. The first-order valence-electron chi connectivity index (χ1n) is 6.48. The van der Waals surface area contributed by atoms with Gasteiger partial charge in [-0.2, -0.15) is 0 Å². The van der Waals surface area contributed by atoms with E-state index in [1.807, 2.05) is 5.32 Å². The Balaban J connectivity index is 2.08. The van der Waals surface area contributed by atoms with Crippen molar-refractivity contribution in [2.45, 2.75) is 6.36 Å². The van der Waals surface area contributed by atoms with Crippen molar-refractivity contribution in [2.75, 3.05) is 5.32 Å². The van der Waals surface area contributed by atoms with E-state index in [0.717, 1.165) is 6.07 Å². The summed E-state index contributed by atoms with van der Waals surface area (Å²) in [6.07, 6.45) is -4.92. The van der Waals surface area contributed by atoms with Gasteiger partial charge < -0.3 is 10.1 Å². The second-order valence-electron chi connectivity index (χ2n) is 4.43. The third kappa shape index (κ3) is 4.88. The van der Waals surface area contributed by atoms with E-state index in [1.165, 1.54) is 30.3 Å². The molecule has 0 radical (unpaired) electrons. The van der Waals surface area contributed by atoms with E-state index in [4.69, 9.17) is 11.6 Å². The first kappa shape index (κ1) is 17.6. The van der Waals surface area contributed by atoms with E-state index < -0.39 is 24.1 Å². The first-order valence-corrected chi connectivity index (χ1v) is 6.86. The minimum atomic E-state index is -4.92. The van der Waals surface area contributed by atoms with E-state index in [9.17, 15) is 22.8 Å². The highest BCUT2D eigenvalue weighted by Crippen LogP contribution is 2.29. The van der Waals surface area contributed by atoms with Crippen LogP contribution in [0.3, 0.4) is 0 Å². The molecule has 126 valence electrons. The summed E-state index contributed by atoms with van der Waals surface area (Å²) in [7, 11) is 0. The lowest BCUT2D eigenvalue weighted by atomic mass is 10.2. The molecule has 0 spiro atoms. The highest BCUT2D eigenvalue weighted by Gasteiger charge is 2.32. The molecule has 0 fully saturated rings. The van der Waals surface area contributed by atoms with Crippen molar-refractivity contribution in [3.63, 3.8) is 0 Å². The van der Waals surface area contributed by atoms with Gasteiger partial charge in [-0.3, -0.25) is 10.1 Å². The first-order chi connectivity index (χ1) is 11.3. The molecule has 0 unspecified atom stereocenters. The Morgan fingerprint density at radius 2 is 1.62 bits per heavy atom. The number of amides is 3. The van der Waals surface area contributed by atoms with Crippen LogP contribution in [0.2, 0.25) is 5.02 Å². The van der Waals surface area contributed by atoms with Crippen molar-refractivity contribution >= 4 is 29.2 Å². The predicted octanol–water partition coefficient (Wildman–Crippen LogP) is 4.20. The summed E-state index contributed by atoms with van der Waals surface area (Å²) in [6, 6.07) is 9.90. The zero-order valence-corrected chi connectivity index (χ0v) is 12.6. The van der Waals surface area contributed by atoms with Gasteiger partial charge in [-0.15, -0.1) is 13.2 Å². The molecule has 0 bridgehead atoms. The molecule has 2 aromatic carbocycles. The van der Waals surface area contributed by atoms with Gasteiger partial charge in [-0.05, 0) is 24.3 Å². The molecule has 0 heterocycles. The zero-order chi connectivity index (χ0) is 17.7. The van der Waals surface area contributed by atoms with E-state index in [1.54, 1.807) is 12.1 Å². The van der Waals surface area contributed by atoms with E-state index in [2.05, 4.69) is 10.1 Å². The van der Waals surface area contributed by atoms with E-state index in [0.29, 0.717) is 0 Å². The Labute approximate surface area is 139 Å². The molecule has 2 N–H and O–H groups in total. The molecule has 3 amide bonds. The van der Waals surface area contributed by atoms with Crippen LogP contribution < -0.4 is 15.4 Å². The van der Waals surface area contributed by atoms with Crippen LogP contribution in [0.4, 0.5) is 23.7 Å². The minimum absolute atomic E-state index is 0.0501. The summed E-state index contributed by atoms with van der Waals surface area (Å²) in [6.45, 7) is 0. The van der Waals surface area contributed by atoms with Crippen LogP contribution in [0.1, 0.15) is 10.4 Å². The summed E-state index contributed by atoms with van der Waals surface area (Å²) in [4.78, 5) is 23.7. The number of urea groups is 1. The summed E-state index contributed by atoms with van der Waals surface area (Å²) in [5.74, 6) is -1.40. The number of hydrogen-bond acceptors (Lipinski definition) is 3. The van der Waals surface area contributed by atoms with Gasteiger partial charge in [0.1, 0.15) is 0 Å². The maximum Gasteiger partial charge on any atom is 0.573 e. The lowest BCUT2D eigenvalue weighted by molar-refractivity contribution is -0.274. The van der Waals surface area contributed by atoms with Gasteiger partial charge in [0.25, 0.3) is 5.91 Å². The van der Waals surface area contributed by atoms with Gasteiger partial charge in [-0.25, -0.2) is 4.79 Å². The Morgan fingerprint density at radius 1 is 1.00 bits per heavy atom. The van der Waals surface area contributed by atoms with Crippen molar-refractivity contribution in [3.8, 4) is 5.75 Å². The fraction of sp³-hybridized carbons (Fsp3) is 0.0667. The highest BCUT2D eigenvalue weighted by molar-refractivity contribution is 6.34. The average molecular weight is 359 g/mol. The van der Waals surface area contributed by atoms with Crippen molar-refractivity contribution in [2.24, 2.45) is 0 Å². The number of carbonyl (C=O) groups is 2. The molecule has 0 saturated carbocycles. The Bertz CT molecular complexity index is 766. The highest BCUT2D eigenvalue weighted by atomic mass is 35.5. The number of imide groups is 1. The van der Waals surface area contributed by atoms with Gasteiger partial charge in [0.2, 0.25) is 0 Å². The number of nitrogens with one attached hydrogen (secondary N) is 2. The third-order valence-electron chi connectivity index (χ3n) is 2.71. The molecule has 0 aromatic heterocycles. The van der Waals surface area contributed by atoms with Crippen LogP contribution in [0.15, 0.2) is 48.5 Å². The Morgan fingerprint density at radius 3 is 2.29 bits per heavy atom. The second-order valence-corrected chi connectivity index (χ2v) is 4.84. The maximum absolute atomic E-state index is 12.3. The number of para-hydroxylation sites is 2. The minimum Gasteiger partial charge on any atom is -0.404 e. The molecule has 0 aliphatic rings. The standard InChI is InChI=1S/C15H10ClF3N2O3/c16-10-6-2-1-5-9(10)13(22)21-14(23)20-11-7-3-4-8-12(11)24-15(17,18)19/h1-8H,(H2,20,21,22,23). The number of hydrogen-bond donors (Lipinski definition) is 2. The number of alkyl halides is 3. The van der Waals surface area contributed by atoms with Crippen molar-refractivity contribution in [1.29, 1.82) is 0 Å². The molecule has 5 nitrogen and oxygen atoms in total. The Kier molecular flexibility index (Phi) is 5.30. The second kappa shape index (κ2) is 7.22. The van der Waals surface area contributed by atoms with Crippen LogP contribution in [0.25, 0.3) is 0 Å². The van der Waals surface area contributed by atoms with Crippen LogP contribution in [0, 0.1) is 0 Å². The van der Waals surface area contributed by atoms with Crippen molar-refractivity contribution in [3.05, 3.63) is 59.1 Å². The molecule has 0 aliphatic carbocycles. The van der Waals surface area contributed by atoms with Gasteiger partial charge in [0, 0.05) is 0 Å². The number of ether oxygens (including phenoxy) is 1. The molecule has 2 rings (SSSR count). The normalized spacial score (nSPS) is 10.8. The summed E-state index contributed by atoms with van der Waals surface area (Å²) < 4.78 is 40.7. The number of benzene rings is 2. The van der Waals surface area contributed by atoms with Gasteiger partial charge in [0.15, 0.2) is 5.75 Å². The fourth-order valence-electron chi connectivity index (χ4n) is 1.75. The third-order valence-corrected chi connectivity index (χ3v) is 3.04. The fourth-order valence-corrected chi connectivity index (χ4v) is 1.97. The molecule has 9 heteroatoms. The smallest absolute Gasteiger partial charge is 0.404 e. The Hall–Kier alpha value is -2.74.